The minimum absolute atomic E-state index is 0.0336. The Balaban J connectivity index is 1.94. The highest BCUT2D eigenvalue weighted by Gasteiger charge is 2.33. The van der Waals surface area contributed by atoms with Gasteiger partial charge in [0, 0.05) is 10.6 Å². The number of hydrogen-bond acceptors (Lipinski definition) is 7. The first kappa shape index (κ1) is 26.4. The van der Waals surface area contributed by atoms with Crippen molar-refractivity contribution in [3.8, 4) is 11.5 Å². The SMILES string of the molecule is CCOc1ccc([C@H]2C(C(=O)OC(C)C)=C(C)N=c3s/c(=C/c4cc(Cl)cc(I)c4O)c(=O)n32)cc1. The van der Waals surface area contributed by atoms with E-state index >= 15 is 0 Å². The maximum Gasteiger partial charge on any atom is 0.338 e. The molecule has 0 radical (unpaired) electrons. The Labute approximate surface area is 230 Å². The summed E-state index contributed by atoms with van der Waals surface area (Å²) in [6.45, 7) is 7.70. The van der Waals surface area contributed by atoms with Crippen LogP contribution >= 0.6 is 45.5 Å². The molecule has 7 nitrogen and oxygen atoms in total. The van der Waals surface area contributed by atoms with Gasteiger partial charge in [-0.05, 0) is 86.2 Å². The average Bonchev–Trinajstić information content (AvgIpc) is 3.11. The first-order chi connectivity index (χ1) is 17.1. The number of nitrogens with zero attached hydrogens (tertiary/aromatic N) is 2. The van der Waals surface area contributed by atoms with Crippen LogP contribution in [0, 0.1) is 3.57 Å². The molecule has 4 rings (SSSR count). The largest absolute Gasteiger partial charge is 0.506 e. The highest BCUT2D eigenvalue weighted by Crippen LogP contribution is 2.32. The maximum absolute atomic E-state index is 13.7. The average molecular weight is 639 g/mol. The van der Waals surface area contributed by atoms with E-state index in [0.717, 1.165) is 5.56 Å². The fraction of sp³-hybridized carbons (Fsp3) is 0.269. The van der Waals surface area contributed by atoms with Gasteiger partial charge in [-0.2, -0.15) is 0 Å². The molecule has 1 atom stereocenters. The fourth-order valence-electron chi connectivity index (χ4n) is 3.93. The molecule has 2 heterocycles. The van der Waals surface area contributed by atoms with Crippen LogP contribution in [-0.4, -0.2) is 28.4 Å². The number of carbonyl (C=O) groups is 1. The molecule has 0 bridgehead atoms. The standard InChI is InChI=1S/C26H24ClIN2O5S/c1-5-34-18-8-6-15(7-9-18)22-21(25(33)35-13(2)3)14(4)29-26-30(22)24(32)20(36-26)11-16-10-17(27)12-19(28)23(16)31/h6-13,22,31H,5H2,1-4H3/b20-11+/t22-/m0/s1. The number of benzene rings is 2. The molecule has 1 N–H and O–H groups in total. The summed E-state index contributed by atoms with van der Waals surface area (Å²) in [6.07, 6.45) is 1.25. The number of fused-ring (bicyclic) bond motifs is 1. The Bertz CT molecular complexity index is 1540. The van der Waals surface area contributed by atoms with Crippen molar-refractivity contribution in [1.29, 1.82) is 0 Å². The predicted octanol–water partition coefficient (Wildman–Crippen LogP) is 4.55. The smallest absolute Gasteiger partial charge is 0.338 e. The minimum atomic E-state index is -0.738. The summed E-state index contributed by atoms with van der Waals surface area (Å²) in [4.78, 5) is 31.9. The molecule has 36 heavy (non-hydrogen) atoms. The summed E-state index contributed by atoms with van der Waals surface area (Å²) in [6, 6.07) is 9.77. The van der Waals surface area contributed by atoms with Crippen LogP contribution in [0.5, 0.6) is 11.5 Å². The third kappa shape index (κ3) is 5.23. The van der Waals surface area contributed by atoms with Gasteiger partial charge in [0.05, 0.1) is 38.1 Å². The van der Waals surface area contributed by atoms with Crippen molar-refractivity contribution in [2.24, 2.45) is 4.99 Å². The van der Waals surface area contributed by atoms with Crippen LogP contribution < -0.4 is 19.6 Å². The predicted molar refractivity (Wildman–Crippen MR) is 148 cm³/mol. The van der Waals surface area contributed by atoms with E-state index in [9.17, 15) is 14.7 Å². The number of phenols is 1. The van der Waals surface area contributed by atoms with Gasteiger partial charge in [0.2, 0.25) is 0 Å². The van der Waals surface area contributed by atoms with Crippen LogP contribution in [0.25, 0.3) is 6.08 Å². The Morgan fingerprint density at radius 2 is 2.00 bits per heavy atom. The van der Waals surface area contributed by atoms with Gasteiger partial charge in [-0.25, -0.2) is 9.79 Å². The number of carbonyl (C=O) groups excluding carboxylic acids is 1. The third-order valence-electron chi connectivity index (χ3n) is 5.44. The van der Waals surface area contributed by atoms with Crippen molar-refractivity contribution in [2.75, 3.05) is 6.61 Å². The van der Waals surface area contributed by atoms with Crippen LogP contribution in [0.15, 0.2) is 57.5 Å². The lowest BCUT2D eigenvalue weighted by atomic mass is 9.96. The molecule has 1 aliphatic rings. The van der Waals surface area contributed by atoms with Crippen molar-refractivity contribution in [1.82, 2.24) is 4.57 Å². The number of phenolic OH excluding ortho intramolecular Hbond substituents is 1. The lowest BCUT2D eigenvalue weighted by Gasteiger charge is -2.25. The lowest BCUT2D eigenvalue weighted by Crippen LogP contribution is -2.40. The normalized spacial score (nSPS) is 15.6. The molecule has 188 valence electrons. The van der Waals surface area contributed by atoms with E-state index < -0.39 is 12.0 Å². The number of ether oxygens (including phenoxy) is 2. The molecule has 0 amide bonds. The quantitative estimate of drug-likeness (QED) is 0.316. The van der Waals surface area contributed by atoms with E-state index in [1.54, 1.807) is 51.1 Å². The number of thiazole rings is 1. The first-order valence-electron chi connectivity index (χ1n) is 11.2. The van der Waals surface area contributed by atoms with Crippen molar-refractivity contribution < 1.29 is 19.4 Å². The zero-order valence-electron chi connectivity index (χ0n) is 20.0. The zero-order valence-corrected chi connectivity index (χ0v) is 23.8. The van der Waals surface area contributed by atoms with Gasteiger partial charge in [-0.1, -0.05) is 35.1 Å². The maximum atomic E-state index is 13.7. The van der Waals surface area contributed by atoms with Crippen LogP contribution in [0.3, 0.4) is 0 Å². The minimum Gasteiger partial charge on any atom is -0.506 e. The topological polar surface area (TPSA) is 90.1 Å². The van der Waals surface area contributed by atoms with Crippen LogP contribution in [0.4, 0.5) is 0 Å². The van der Waals surface area contributed by atoms with Gasteiger partial charge < -0.3 is 14.6 Å². The third-order valence-corrected chi connectivity index (χ3v) is 7.46. The van der Waals surface area contributed by atoms with E-state index in [4.69, 9.17) is 21.1 Å². The summed E-state index contributed by atoms with van der Waals surface area (Å²) < 4.78 is 13.5. The summed E-state index contributed by atoms with van der Waals surface area (Å²) >= 11 is 9.34. The summed E-state index contributed by atoms with van der Waals surface area (Å²) in [7, 11) is 0. The summed E-state index contributed by atoms with van der Waals surface area (Å²) in [5.41, 5.74) is 1.58. The molecule has 0 fully saturated rings. The molecular formula is C26H24ClIN2O5S. The number of esters is 1. The molecule has 0 saturated carbocycles. The first-order valence-corrected chi connectivity index (χ1v) is 13.5. The Kier molecular flexibility index (Phi) is 7.91. The van der Waals surface area contributed by atoms with Gasteiger partial charge in [0.25, 0.3) is 5.56 Å². The molecule has 1 aliphatic heterocycles. The second-order valence-corrected chi connectivity index (χ2v) is 11.0. The molecule has 1 aromatic heterocycles. The molecule has 2 aromatic carbocycles. The molecule has 10 heteroatoms. The fourth-order valence-corrected chi connectivity index (χ4v) is 6.02. The number of aromatic nitrogens is 1. The van der Waals surface area contributed by atoms with E-state index in [2.05, 4.69) is 4.99 Å². The number of rotatable bonds is 6. The molecular weight excluding hydrogens is 615 g/mol. The van der Waals surface area contributed by atoms with Crippen LogP contribution in [-0.2, 0) is 9.53 Å². The molecule has 0 saturated heterocycles. The summed E-state index contributed by atoms with van der Waals surface area (Å²) in [5.74, 6) is 0.194. The highest BCUT2D eigenvalue weighted by molar-refractivity contribution is 14.1. The van der Waals surface area contributed by atoms with E-state index in [0.29, 0.717) is 47.1 Å². The van der Waals surface area contributed by atoms with E-state index in [1.807, 2.05) is 41.6 Å². The molecule has 0 unspecified atom stereocenters. The van der Waals surface area contributed by atoms with E-state index in [1.165, 1.54) is 15.9 Å². The van der Waals surface area contributed by atoms with E-state index in [-0.39, 0.29) is 17.4 Å². The van der Waals surface area contributed by atoms with Gasteiger partial charge in [0.1, 0.15) is 11.5 Å². The number of aromatic hydroxyl groups is 1. The van der Waals surface area contributed by atoms with Crippen molar-refractivity contribution in [3.63, 3.8) is 0 Å². The number of halogens is 2. The molecule has 3 aromatic rings. The molecule has 0 aliphatic carbocycles. The second kappa shape index (κ2) is 10.8. The van der Waals surface area contributed by atoms with Gasteiger partial charge >= 0.3 is 5.97 Å². The van der Waals surface area contributed by atoms with Crippen molar-refractivity contribution >= 4 is 57.6 Å². The molecule has 0 spiro atoms. The Morgan fingerprint density at radius 1 is 1.31 bits per heavy atom. The van der Waals surface area contributed by atoms with Gasteiger partial charge in [0.15, 0.2) is 4.80 Å². The lowest BCUT2D eigenvalue weighted by molar-refractivity contribution is -0.143. The second-order valence-electron chi connectivity index (χ2n) is 8.36. The van der Waals surface area contributed by atoms with Gasteiger partial charge in [-0.3, -0.25) is 9.36 Å². The van der Waals surface area contributed by atoms with Crippen LogP contribution in [0.2, 0.25) is 5.02 Å². The summed E-state index contributed by atoms with van der Waals surface area (Å²) in [5, 5.41) is 11.0. The Morgan fingerprint density at radius 3 is 2.64 bits per heavy atom. The van der Waals surface area contributed by atoms with Crippen molar-refractivity contribution in [2.45, 2.75) is 39.8 Å². The van der Waals surface area contributed by atoms with Crippen LogP contribution in [0.1, 0.15) is 44.9 Å². The number of allylic oxidation sites excluding steroid dienone is 1. The van der Waals surface area contributed by atoms with Crippen molar-refractivity contribution in [3.05, 3.63) is 87.1 Å². The monoisotopic (exact) mass is 638 g/mol. The zero-order chi connectivity index (χ0) is 26.1. The Hall–Kier alpha value is -2.63. The number of hydrogen-bond donors (Lipinski definition) is 1. The van der Waals surface area contributed by atoms with Gasteiger partial charge in [-0.15, -0.1) is 0 Å². The highest BCUT2D eigenvalue weighted by atomic mass is 127.